The summed E-state index contributed by atoms with van der Waals surface area (Å²) in [5, 5.41) is 0.945. The summed E-state index contributed by atoms with van der Waals surface area (Å²) in [4.78, 5) is 43.1. The first-order valence-corrected chi connectivity index (χ1v) is 16.8. The third kappa shape index (κ3) is 6.35. The molecular weight excluding hydrogens is 488 g/mol. The number of fused-ring (bicyclic) bond motifs is 1. The molecule has 0 spiro atoms. The maximum atomic E-state index is 13.4. The summed E-state index contributed by atoms with van der Waals surface area (Å²) in [5.74, 6) is -0.202. The van der Waals surface area contributed by atoms with Gasteiger partial charge in [0.15, 0.2) is 0 Å². The van der Waals surface area contributed by atoms with Crippen molar-refractivity contribution in [3.8, 4) is 0 Å². The van der Waals surface area contributed by atoms with Crippen LogP contribution >= 0.6 is 0 Å². The van der Waals surface area contributed by atoms with Crippen LogP contribution in [0.3, 0.4) is 0 Å². The monoisotopic (exact) mass is 528 g/mol. The second kappa shape index (κ2) is 10.5. The molecule has 4 amide bonds. The van der Waals surface area contributed by atoms with Crippen LogP contribution in [0.5, 0.6) is 0 Å². The Kier molecular flexibility index (Phi) is 7.71. The second-order valence-corrected chi connectivity index (χ2v) is 17.8. The molecule has 1 aromatic carbocycles. The topological polar surface area (TPSA) is 84.3 Å². The minimum atomic E-state index is -1.26. The third-order valence-electron chi connectivity index (χ3n) is 6.77. The summed E-state index contributed by atoms with van der Waals surface area (Å²) in [6.07, 6.45) is 2.82. The Bertz CT molecular complexity index is 1170. The fraction of sp³-hybridized carbons (Fsp3) is 0.593. The summed E-state index contributed by atoms with van der Waals surface area (Å²) >= 11 is 0. The Labute approximate surface area is 220 Å². The van der Waals surface area contributed by atoms with Gasteiger partial charge in [-0.15, -0.1) is 0 Å². The lowest BCUT2D eigenvalue weighted by Gasteiger charge is -2.34. The van der Waals surface area contributed by atoms with Crippen molar-refractivity contribution in [2.45, 2.75) is 70.9 Å². The van der Waals surface area contributed by atoms with Crippen LogP contribution in [0.2, 0.25) is 25.7 Å². The van der Waals surface area contributed by atoms with E-state index in [-0.39, 0.29) is 37.2 Å². The van der Waals surface area contributed by atoms with Gasteiger partial charge in [0.1, 0.15) is 12.3 Å². The van der Waals surface area contributed by atoms with Crippen LogP contribution in [0.4, 0.5) is 15.3 Å². The van der Waals surface area contributed by atoms with Gasteiger partial charge in [-0.25, -0.2) is 14.5 Å². The number of ether oxygens (including phenoxy) is 2. The van der Waals surface area contributed by atoms with Crippen LogP contribution in [0, 0.1) is 0 Å². The number of likely N-dealkylation sites (tertiary alicyclic amines) is 1. The molecule has 0 aliphatic carbocycles. The van der Waals surface area contributed by atoms with Crippen molar-refractivity contribution in [3.63, 3.8) is 0 Å². The molecule has 2 saturated heterocycles. The lowest BCUT2D eigenvalue weighted by atomic mass is 10.1. The van der Waals surface area contributed by atoms with Gasteiger partial charge in [-0.2, -0.15) is 0 Å². The predicted molar refractivity (Wildman–Crippen MR) is 147 cm³/mol. The van der Waals surface area contributed by atoms with E-state index < -0.39 is 13.7 Å². The van der Waals surface area contributed by atoms with Gasteiger partial charge < -0.3 is 18.9 Å². The van der Waals surface area contributed by atoms with Crippen LogP contribution in [-0.4, -0.2) is 79.0 Å². The van der Waals surface area contributed by atoms with E-state index in [1.54, 1.807) is 9.80 Å². The van der Waals surface area contributed by atoms with Crippen molar-refractivity contribution in [3.05, 3.63) is 30.5 Å². The third-order valence-corrected chi connectivity index (χ3v) is 8.47. The normalized spacial score (nSPS) is 19.3. The number of urea groups is 1. The Balaban J connectivity index is 1.49. The van der Waals surface area contributed by atoms with Crippen LogP contribution in [-0.2, 0) is 14.3 Å². The molecule has 0 radical (unpaired) electrons. The van der Waals surface area contributed by atoms with E-state index in [0.29, 0.717) is 26.2 Å². The molecule has 1 atom stereocenters. The molecule has 9 nitrogen and oxygen atoms in total. The van der Waals surface area contributed by atoms with Crippen molar-refractivity contribution < 1.29 is 23.9 Å². The van der Waals surface area contributed by atoms with E-state index >= 15 is 0 Å². The molecule has 1 aromatic heterocycles. The number of imide groups is 1. The van der Waals surface area contributed by atoms with Gasteiger partial charge in [0.25, 0.3) is 0 Å². The van der Waals surface area contributed by atoms with Crippen LogP contribution < -0.4 is 4.90 Å². The highest BCUT2D eigenvalue weighted by atomic mass is 28.3. The fourth-order valence-electron chi connectivity index (χ4n) is 4.76. The molecule has 0 N–H and O–H groups in total. The SMILES string of the molecule is CC(C)(C)OC(=O)N1CC[C@@H](n2ccc3c(N4CCC(=O)N(COCC[Si](C)(C)C)C4=O)cccc32)C1. The number of nitrogens with zero attached hydrogens (tertiary/aromatic N) is 4. The number of carbonyl (C=O) groups is 3. The van der Waals surface area contributed by atoms with Crippen molar-refractivity contribution in [1.29, 1.82) is 0 Å². The van der Waals surface area contributed by atoms with E-state index in [9.17, 15) is 14.4 Å². The summed E-state index contributed by atoms with van der Waals surface area (Å²) < 4.78 is 13.5. The number of hydrogen-bond acceptors (Lipinski definition) is 5. The van der Waals surface area contributed by atoms with Crippen molar-refractivity contribution >= 4 is 42.7 Å². The Morgan fingerprint density at radius 3 is 2.57 bits per heavy atom. The number of carbonyl (C=O) groups excluding carboxylic acids is 3. The number of hydrogen-bond donors (Lipinski definition) is 0. The van der Waals surface area contributed by atoms with Crippen molar-refractivity contribution in [2.75, 3.05) is 37.9 Å². The summed E-state index contributed by atoms with van der Waals surface area (Å²) in [6, 6.07) is 8.66. The smallest absolute Gasteiger partial charge is 0.410 e. The largest absolute Gasteiger partial charge is 0.444 e. The Morgan fingerprint density at radius 2 is 1.86 bits per heavy atom. The average Bonchev–Trinajstić information content (AvgIpc) is 3.44. The molecule has 2 aliphatic heterocycles. The first-order chi connectivity index (χ1) is 17.3. The van der Waals surface area contributed by atoms with Crippen molar-refractivity contribution in [2.24, 2.45) is 0 Å². The first kappa shape index (κ1) is 27.2. The van der Waals surface area contributed by atoms with Gasteiger partial charge in [-0.3, -0.25) is 9.69 Å². The van der Waals surface area contributed by atoms with Crippen molar-refractivity contribution in [1.82, 2.24) is 14.4 Å². The molecule has 4 rings (SSSR count). The van der Waals surface area contributed by atoms with Gasteiger partial charge in [0.05, 0.1) is 17.2 Å². The molecule has 0 saturated carbocycles. The molecule has 3 heterocycles. The number of benzene rings is 1. The fourth-order valence-corrected chi connectivity index (χ4v) is 5.52. The minimum absolute atomic E-state index is 0.0157. The maximum Gasteiger partial charge on any atom is 0.410 e. The van der Waals surface area contributed by atoms with Gasteiger partial charge in [0, 0.05) is 52.3 Å². The molecule has 0 bridgehead atoms. The molecule has 2 aliphatic rings. The molecule has 10 heteroatoms. The van der Waals surface area contributed by atoms with Gasteiger partial charge in [0.2, 0.25) is 5.91 Å². The Morgan fingerprint density at radius 1 is 1.11 bits per heavy atom. The number of amides is 4. The number of aromatic nitrogens is 1. The molecular formula is C27H40N4O5Si. The van der Waals surface area contributed by atoms with E-state index in [4.69, 9.17) is 9.47 Å². The van der Waals surface area contributed by atoms with E-state index in [1.165, 1.54) is 4.90 Å². The molecule has 2 aromatic rings. The summed E-state index contributed by atoms with van der Waals surface area (Å²) in [7, 11) is -1.26. The zero-order valence-corrected chi connectivity index (χ0v) is 24.0. The molecule has 37 heavy (non-hydrogen) atoms. The predicted octanol–water partition coefficient (Wildman–Crippen LogP) is 5.29. The van der Waals surface area contributed by atoms with E-state index in [2.05, 4.69) is 24.2 Å². The zero-order valence-electron chi connectivity index (χ0n) is 23.0. The highest BCUT2D eigenvalue weighted by Gasteiger charge is 2.35. The van der Waals surface area contributed by atoms with Gasteiger partial charge in [-0.1, -0.05) is 25.7 Å². The average molecular weight is 529 g/mol. The van der Waals surface area contributed by atoms with Crippen LogP contribution in [0.15, 0.2) is 30.5 Å². The zero-order chi connectivity index (χ0) is 27.0. The summed E-state index contributed by atoms with van der Waals surface area (Å²) in [5.41, 5.74) is 1.25. The van der Waals surface area contributed by atoms with Crippen LogP contribution in [0.1, 0.15) is 39.7 Å². The molecule has 0 unspecified atom stereocenters. The standard InChI is InChI=1S/C27H40N4O5Si/c1-27(2,3)36-26(34)28-13-10-20(18-28)29-14-11-21-22(29)8-7-9-23(21)30-15-12-24(32)31(25(30)33)19-35-16-17-37(4,5)6/h7-9,11,14,20H,10,12-13,15-19H2,1-6H3/t20-/m1/s1. The van der Waals surface area contributed by atoms with Gasteiger partial charge in [-0.05, 0) is 51.4 Å². The van der Waals surface area contributed by atoms with Crippen LogP contribution in [0.25, 0.3) is 10.9 Å². The molecule has 2 fully saturated rings. The quantitative estimate of drug-likeness (QED) is 0.360. The van der Waals surface area contributed by atoms with Gasteiger partial charge >= 0.3 is 12.1 Å². The lowest BCUT2D eigenvalue weighted by molar-refractivity contribution is -0.133. The molecule has 202 valence electrons. The highest BCUT2D eigenvalue weighted by molar-refractivity contribution is 6.76. The number of anilines is 1. The maximum absolute atomic E-state index is 13.4. The van der Waals surface area contributed by atoms with E-state index in [1.807, 2.05) is 51.2 Å². The number of rotatable bonds is 7. The summed E-state index contributed by atoms with van der Waals surface area (Å²) in [6.45, 7) is 14.5. The minimum Gasteiger partial charge on any atom is -0.444 e. The highest BCUT2D eigenvalue weighted by Crippen LogP contribution is 2.34. The first-order valence-electron chi connectivity index (χ1n) is 13.1. The lowest BCUT2D eigenvalue weighted by Crippen LogP contribution is -2.53. The van der Waals surface area contributed by atoms with E-state index in [0.717, 1.165) is 29.1 Å². The Hall–Kier alpha value is -2.85. The second-order valence-electron chi connectivity index (χ2n) is 12.2.